The van der Waals surface area contributed by atoms with Gasteiger partial charge in [0, 0.05) is 11.5 Å². The van der Waals surface area contributed by atoms with Gasteiger partial charge in [-0.05, 0) is 18.2 Å². The molecule has 0 atom stereocenters. The predicted molar refractivity (Wildman–Crippen MR) is 88.8 cm³/mol. The van der Waals surface area contributed by atoms with Crippen molar-refractivity contribution in [2.75, 3.05) is 7.11 Å². The van der Waals surface area contributed by atoms with E-state index in [1.165, 1.54) is 25.3 Å². The molecule has 0 aliphatic carbocycles. The summed E-state index contributed by atoms with van der Waals surface area (Å²) in [4.78, 5) is 13.2. The summed E-state index contributed by atoms with van der Waals surface area (Å²) in [5.41, 5.74) is 0.575. The molecule has 8 nitrogen and oxygen atoms in total. The highest BCUT2D eigenvalue weighted by Crippen LogP contribution is 2.41. The number of ether oxygens (including phenoxy) is 1. The summed E-state index contributed by atoms with van der Waals surface area (Å²) in [5.74, 6) is 0.182. The van der Waals surface area contributed by atoms with Crippen molar-refractivity contribution in [2.24, 2.45) is 10.2 Å². The molecule has 0 amide bonds. The van der Waals surface area contributed by atoms with Crippen LogP contribution in [0.3, 0.4) is 0 Å². The highest BCUT2D eigenvalue weighted by atomic mass is 35.5. The van der Waals surface area contributed by atoms with Crippen LogP contribution < -0.4 is 4.74 Å². The van der Waals surface area contributed by atoms with Gasteiger partial charge in [0.1, 0.15) is 5.75 Å². The zero-order valence-corrected chi connectivity index (χ0v) is 13.1. The third kappa shape index (κ3) is 2.74. The van der Waals surface area contributed by atoms with E-state index in [1.807, 2.05) is 0 Å². The molecular formula is C15H11ClN4O4. The second-order valence-corrected chi connectivity index (χ2v) is 5.21. The summed E-state index contributed by atoms with van der Waals surface area (Å²) in [5, 5.41) is 29.8. The first-order chi connectivity index (χ1) is 11.5. The molecule has 2 aromatic carbocycles. The van der Waals surface area contributed by atoms with Gasteiger partial charge in [0.25, 0.3) is 5.69 Å². The van der Waals surface area contributed by atoms with E-state index in [9.17, 15) is 15.2 Å². The minimum absolute atomic E-state index is 0.0807. The van der Waals surface area contributed by atoms with Crippen LogP contribution in [-0.2, 0) is 0 Å². The molecule has 0 saturated heterocycles. The summed E-state index contributed by atoms with van der Waals surface area (Å²) in [6.07, 6.45) is 0. The maximum atomic E-state index is 11.0. The standard InChI is InChI=1S/C15H11ClN4O4/c1-24-13-6-8-11(7-9(13)16)17-15(21)14(8)19-18-10-4-2-3-5-12(10)20(22)23/h2-7,17,21H,1H3. The predicted octanol–water partition coefficient (Wildman–Crippen LogP) is 4.86. The van der Waals surface area contributed by atoms with Crippen LogP contribution in [0, 0.1) is 10.1 Å². The van der Waals surface area contributed by atoms with E-state index >= 15 is 0 Å². The number of hydrogen-bond donors (Lipinski definition) is 2. The van der Waals surface area contributed by atoms with Crippen molar-refractivity contribution in [3.63, 3.8) is 0 Å². The lowest BCUT2D eigenvalue weighted by Gasteiger charge is -2.02. The largest absolute Gasteiger partial charge is 0.495 e. The van der Waals surface area contributed by atoms with Crippen molar-refractivity contribution < 1.29 is 14.8 Å². The highest BCUT2D eigenvalue weighted by Gasteiger charge is 2.16. The SMILES string of the molecule is COc1cc2c(N=Nc3ccccc3[N+](=O)[O-])c(O)[nH]c2cc1Cl. The summed E-state index contributed by atoms with van der Waals surface area (Å²) >= 11 is 6.04. The van der Waals surface area contributed by atoms with Gasteiger partial charge in [0.05, 0.1) is 22.6 Å². The zero-order valence-electron chi connectivity index (χ0n) is 12.4. The number of aromatic hydroxyl groups is 1. The van der Waals surface area contributed by atoms with Gasteiger partial charge in [-0.3, -0.25) is 10.1 Å². The van der Waals surface area contributed by atoms with Crippen LogP contribution >= 0.6 is 11.6 Å². The van der Waals surface area contributed by atoms with Crippen LogP contribution in [0.15, 0.2) is 46.6 Å². The molecule has 3 aromatic rings. The van der Waals surface area contributed by atoms with Crippen LogP contribution in [0.5, 0.6) is 11.6 Å². The Morgan fingerprint density at radius 2 is 2.04 bits per heavy atom. The van der Waals surface area contributed by atoms with Crippen LogP contribution in [0.25, 0.3) is 10.9 Å². The van der Waals surface area contributed by atoms with E-state index in [0.29, 0.717) is 21.7 Å². The first-order valence-electron chi connectivity index (χ1n) is 6.74. The Morgan fingerprint density at radius 1 is 1.29 bits per heavy atom. The van der Waals surface area contributed by atoms with Gasteiger partial charge < -0.3 is 14.8 Å². The van der Waals surface area contributed by atoms with Crippen molar-refractivity contribution in [3.8, 4) is 11.6 Å². The number of rotatable bonds is 4. The Labute approximate surface area is 140 Å². The van der Waals surface area contributed by atoms with Crippen LogP contribution in [0.4, 0.5) is 17.1 Å². The normalized spacial score (nSPS) is 11.2. The van der Waals surface area contributed by atoms with Gasteiger partial charge in [0.2, 0.25) is 5.88 Å². The van der Waals surface area contributed by atoms with Gasteiger partial charge in [-0.1, -0.05) is 23.7 Å². The molecule has 0 spiro atoms. The number of benzene rings is 2. The molecule has 1 aromatic heterocycles. The van der Waals surface area contributed by atoms with Gasteiger partial charge in [-0.25, -0.2) is 0 Å². The Hall–Kier alpha value is -3.13. The van der Waals surface area contributed by atoms with Crippen LogP contribution in [-0.4, -0.2) is 22.1 Å². The first-order valence-corrected chi connectivity index (χ1v) is 7.12. The number of nitrogens with one attached hydrogen (secondary N) is 1. The van der Waals surface area contributed by atoms with Crippen LogP contribution in [0.2, 0.25) is 5.02 Å². The fourth-order valence-corrected chi connectivity index (χ4v) is 2.47. The number of fused-ring (bicyclic) bond motifs is 1. The third-order valence-corrected chi connectivity index (χ3v) is 3.66. The summed E-state index contributed by atoms with van der Waals surface area (Å²) in [6.45, 7) is 0. The monoisotopic (exact) mass is 346 g/mol. The molecule has 9 heteroatoms. The van der Waals surface area contributed by atoms with E-state index in [0.717, 1.165) is 0 Å². The summed E-state index contributed by atoms with van der Waals surface area (Å²) in [6, 6.07) is 9.12. The quantitative estimate of drug-likeness (QED) is 0.399. The lowest BCUT2D eigenvalue weighted by molar-refractivity contribution is -0.384. The average molecular weight is 347 g/mol. The number of aromatic amines is 1. The van der Waals surface area contributed by atoms with E-state index in [2.05, 4.69) is 15.2 Å². The summed E-state index contributed by atoms with van der Waals surface area (Å²) < 4.78 is 5.14. The third-order valence-electron chi connectivity index (χ3n) is 3.36. The maximum Gasteiger partial charge on any atom is 0.296 e. The van der Waals surface area contributed by atoms with Crippen molar-refractivity contribution in [2.45, 2.75) is 0 Å². The Bertz CT molecular complexity index is 968. The summed E-state index contributed by atoms with van der Waals surface area (Å²) in [7, 11) is 1.47. The number of para-hydroxylation sites is 1. The molecule has 0 bridgehead atoms. The Balaban J connectivity index is 2.10. The van der Waals surface area contributed by atoms with Crippen molar-refractivity contribution in [1.29, 1.82) is 0 Å². The maximum absolute atomic E-state index is 11.0. The minimum Gasteiger partial charge on any atom is -0.495 e. The number of hydrogen-bond acceptors (Lipinski definition) is 6. The molecule has 3 rings (SSSR count). The fraction of sp³-hybridized carbons (Fsp3) is 0.0667. The molecule has 24 heavy (non-hydrogen) atoms. The molecule has 2 N–H and O–H groups in total. The Kier molecular flexibility index (Phi) is 4.05. The molecule has 1 heterocycles. The molecular weight excluding hydrogens is 336 g/mol. The number of nitro groups is 1. The van der Waals surface area contributed by atoms with Gasteiger partial charge in [-0.15, -0.1) is 10.2 Å². The van der Waals surface area contributed by atoms with Gasteiger partial charge >= 0.3 is 0 Å². The van der Waals surface area contributed by atoms with E-state index in [4.69, 9.17) is 16.3 Å². The number of halogens is 1. The topological polar surface area (TPSA) is 113 Å². The van der Waals surface area contributed by atoms with E-state index < -0.39 is 4.92 Å². The molecule has 0 fully saturated rings. The average Bonchev–Trinajstić information content (AvgIpc) is 2.86. The van der Waals surface area contributed by atoms with Crippen LogP contribution in [0.1, 0.15) is 0 Å². The Morgan fingerprint density at radius 3 is 2.75 bits per heavy atom. The number of nitro benzene ring substituents is 1. The number of aromatic nitrogens is 1. The second-order valence-electron chi connectivity index (χ2n) is 4.80. The molecule has 0 unspecified atom stereocenters. The molecule has 122 valence electrons. The number of methoxy groups -OCH3 is 1. The zero-order chi connectivity index (χ0) is 17.3. The number of nitrogens with zero attached hydrogens (tertiary/aromatic N) is 3. The molecule has 0 radical (unpaired) electrons. The fourth-order valence-electron chi connectivity index (χ4n) is 2.23. The molecule has 0 aliphatic heterocycles. The number of azo groups is 1. The van der Waals surface area contributed by atoms with Crippen molar-refractivity contribution in [3.05, 3.63) is 51.5 Å². The lowest BCUT2D eigenvalue weighted by atomic mass is 10.2. The van der Waals surface area contributed by atoms with Gasteiger partial charge in [-0.2, -0.15) is 0 Å². The molecule has 0 saturated carbocycles. The van der Waals surface area contributed by atoms with Crippen molar-refractivity contribution >= 4 is 39.6 Å². The number of H-pyrrole nitrogens is 1. The second kappa shape index (κ2) is 6.17. The van der Waals surface area contributed by atoms with Crippen molar-refractivity contribution in [1.82, 2.24) is 4.98 Å². The van der Waals surface area contributed by atoms with E-state index in [-0.39, 0.29) is 22.9 Å². The highest BCUT2D eigenvalue weighted by molar-refractivity contribution is 6.33. The smallest absolute Gasteiger partial charge is 0.296 e. The van der Waals surface area contributed by atoms with E-state index in [1.54, 1.807) is 18.2 Å². The molecule has 0 aliphatic rings. The first kappa shape index (κ1) is 15.8. The van der Waals surface area contributed by atoms with Gasteiger partial charge in [0.15, 0.2) is 11.4 Å². The lowest BCUT2D eigenvalue weighted by Crippen LogP contribution is -1.87. The minimum atomic E-state index is -0.549.